The first kappa shape index (κ1) is 13.5. The van der Waals surface area contributed by atoms with Gasteiger partial charge in [-0.15, -0.1) is 0 Å². The molecule has 2 atom stereocenters. The van der Waals surface area contributed by atoms with Crippen LogP contribution in [0.4, 0.5) is 5.82 Å². The molecule has 0 radical (unpaired) electrons. The van der Waals surface area contributed by atoms with E-state index < -0.39 is 0 Å². The molecule has 3 rings (SSSR count). The molecule has 1 aliphatic rings. The van der Waals surface area contributed by atoms with Crippen LogP contribution in [-0.4, -0.2) is 22.6 Å². The smallest absolute Gasteiger partial charge is 0.231 e. The number of anilines is 1. The van der Waals surface area contributed by atoms with E-state index >= 15 is 0 Å². The maximum absolute atomic E-state index is 5.45. The first-order valence-corrected chi connectivity index (χ1v) is 7.64. The first-order chi connectivity index (χ1) is 9.63. The third kappa shape index (κ3) is 2.68. The van der Waals surface area contributed by atoms with Gasteiger partial charge < -0.3 is 14.8 Å². The third-order valence-corrected chi connectivity index (χ3v) is 3.69. The molecular formula is C15H17BrN2O2. The third-order valence-electron chi connectivity index (χ3n) is 3.32. The zero-order chi connectivity index (χ0) is 14.1. The standard InChI is InChI=1S/C15H17BrN2O2/c1-9(16)5-10(2)18-15-12-7-14-13(19-8-20-14)6-11(12)3-4-17-15/h3-4,6-7,9-10H,5,8H2,1-2H3,(H,17,18). The lowest BCUT2D eigenvalue weighted by molar-refractivity contribution is 0.174. The Morgan fingerprint density at radius 1 is 1.30 bits per heavy atom. The lowest BCUT2D eigenvalue weighted by Gasteiger charge is -2.17. The van der Waals surface area contributed by atoms with Crippen LogP contribution < -0.4 is 14.8 Å². The highest BCUT2D eigenvalue weighted by Gasteiger charge is 2.16. The second-order valence-electron chi connectivity index (χ2n) is 5.15. The Bertz CT molecular complexity index is 631. The number of benzene rings is 1. The van der Waals surface area contributed by atoms with Crippen LogP contribution in [0.15, 0.2) is 24.4 Å². The topological polar surface area (TPSA) is 43.4 Å². The van der Waals surface area contributed by atoms with Crippen LogP contribution in [0, 0.1) is 0 Å². The monoisotopic (exact) mass is 336 g/mol. The molecule has 0 aliphatic carbocycles. The van der Waals surface area contributed by atoms with E-state index in [1.54, 1.807) is 0 Å². The number of fused-ring (bicyclic) bond motifs is 2. The quantitative estimate of drug-likeness (QED) is 0.859. The van der Waals surface area contributed by atoms with Gasteiger partial charge in [0.1, 0.15) is 5.82 Å². The summed E-state index contributed by atoms with van der Waals surface area (Å²) in [5, 5.41) is 5.63. The minimum Gasteiger partial charge on any atom is -0.454 e. The van der Waals surface area contributed by atoms with Crippen molar-refractivity contribution in [1.29, 1.82) is 0 Å². The molecule has 2 aromatic rings. The zero-order valence-corrected chi connectivity index (χ0v) is 13.1. The SMILES string of the molecule is CC(Br)CC(C)Nc1nccc2cc3c(cc12)OCO3. The summed E-state index contributed by atoms with van der Waals surface area (Å²) >= 11 is 3.58. The van der Waals surface area contributed by atoms with Crippen LogP contribution >= 0.6 is 15.9 Å². The fraction of sp³-hybridized carbons (Fsp3) is 0.400. The summed E-state index contributed by atoms with van der Waals surface area (Å²) < 4.78 is 10.9. The summed E-state index contributed by atoms with van der Waals surface area (Å²) in [6.45, 7) is 4.59. The van der Waals surface area contributed by atoms with Crippen molar-refractivity contribution in [2.75, 3.05) is 12.1 Å². The van der Waals surface area contributed by atoms with Gasteiger partial charge in [0.25, 0.3) is 0 Å². The predicted octanol–water partition coefficient (Wildman–Crippen LogP) is 3.94. The minimum atomic E-state index is 0.291. The Morgan fingerprint density at radius 2 is 2.05 bits per heavy atom. The number of rotatable bonds is 4. The molecule has 20 heavy (non-hydrogen) atoms. The van der Waals surface area contributed by atoms with Gasteiger partial charge in [0, 0.05) is 22.5 Å². The fourth-order valence-electron chi connectivity index (χ4n) is 2.46. The van der Waals surface area contributed by atoms with Crippen LogP contribution in [0.5, 0.6) is 11.5 Å². The van der Waals surface area contributed by atoms with Crippen molar-refractivity contribution in [2.45, 2.75) is 31.1 Å². The number of nitrogens with zero attached hydrogens (tertiary/aromatic N) is 1. The number of alkyl halides is 1. The Labute approximate surface area is 126 Å². The average molecular weight is 337 g/mol. The highest BCUT2D eigenvalue weighted by molar-refractivity contribution is 9.09. The number of nitrogens with one attached hydrogen (secondary N) is 1. The summed E-state index contributed by atoms with van der Waals surface area (Å²) in [5.74, 6) is 2.48. The van der Waals surface area contributed by atoms with Gasteiger partial charge in [-0.05, 0) is 36.9 Å². The summed E-state index contributed by atoms with van der Waals surface area (Å²) in [6.07, 6.45) is 2.85. The predicted molar refractivity (Wildman–Crippen MR) is 84.0 cm³/mol. The van der Waals surface area contributed by atoms with Gasteiger partial charge in [0.15, 0.2) is 11.5 Å². The van der Waals surface area contributed by atoms with E-state index in [0.29, 0.717) is 17.7 Å². The van der Waals surface area contributed by atoms with Crippen LogP contribution in [0.3, 0.4) is 0 Å². The first-order valence-electron chi connectivity index (χ1n) is 6.72. The number of hydrogen-bond donors (Lipinski definition) is 1. The second kappa shape index (κ2) is 5.48. The van der Waals surface area contributed by atoms with Gasteiger partial charge in [-0.3, -0.25) is 0 Å². The van der Waals surface area contributed by atoms with Crippen molar-refractivity contribution in [3.63, 3.8) is 0 Å². The zero-order valence-electron chi connectivity index (χ0n) is 11.5. The molecule has 1 aliphatic heterocycles. The molecule has 0 fully saturated rings. The molecule has 0 saturated heterocycles. The Hall–Kier alpha value is -1.49. The van der Waals surface area contributed by atoms with E-state index in [1.807, 2.05) is 24.4 Å². The van der Waals surface area contributed by atoms with Gasteiger partial charge in [-0.25, -0.2) is 4.98 Å². The van der Waals surface area contributed by atoms with Gasteiger partial charge in [-0.2, -0.15) is 0 Å². The van der Waals surface area contributed by atoms with Gasteiger partial charge in [-0.1, -0.05) is 22.9 Å². The van der Waals surface area contributed by atoms with Gasteiger partial charge in [0.05, 0.1) is 0 Å². The molecule has 2 heterocycles. The van der Waals surface area contributed by atoms with E-state index in [1.165, 1.54) is 0 Å². The largest absolute Gasteiger partial charge is 0.454 e. The van der Waals surface area contributed by atoms with Crippen LogP contribution in [-0.2, 0) is 0 Å². The van der Waals surface area contributed by atoms with Gasteiger partial charge in [0.2, 0.25) is 6.79 Å². The molecular weight excluding hydrogens is 320 g/mol. The fourth-order valence-corrected chi connectivity index (χ4v) is 3.02. The average Bonchev–Trinajstić information content (AvgIpc) is 2.82. The maximum atomic E-state index is 5.45. The number of aromatic nitrogens is 1. The second-order valence-corrected chi connectivity index (χ2v) is 6.71. The molecule has 1 aromatic carbocycles. The molecule has 0 spiro atoms. The molecule has 2 unspecified atom stereocenters. The molecule has 5 heteroatoms. The van der Waals surface area contributed by atoms with Crippen molar-refractivity contribution < 1.29 is 9.47 Å². The summed E-state index contributed by atoms with van der Waals surface area (Å²) in [6, 6.07) is 6.33. The van der Waals surface area contributed by atoms with Crippen molar-refractivity contribution >= 4 is 32.5 Å². The Balaban J connectivity index is 1.95. The maximum Gasteiger partial charge on any atom is 0.231 e. The normalized spacial score (nSPS) is 16.1. The molecule has 106 valence electrons. The van der Waals surface area contributed by atoms with Crippen molar-refractivity contribution in [1.82, 2.24) is 4.98 Å². The van der Waals surface area contributed by atoms with E-state index in [2.05, 4.69) is 40.1 Å². The minimum absolute atomic E-state index is 0.291. The molecule has 0 bridgehead atoms. The van der Waals surface area contributed by atoms with Crippen molar-refractivity contribution in [2.24, 2.45) is 0 Å². The number of pyridine rings is 1. The van der Waals surface area contributed by atoms with E-state index in [9.17, 15) is 0 Å². The number of hydrogen-bond acceptors (Lipinski definition) is 4. The lowest BCUT2D eigenvalue weighted by atomic mass is 10.1. The summed E-state index contributed by atoms with van der Waals surface area (Å²) in [7, 11) is 0. The van der Waals surface area contributed by atoms with Crippen LogP contribution in [0.2, 0.25) is 0 Å². The highest BCUT2D eigenvalue weighted by atomic mass is 79.9. The van der Waals surface area contributed by atoms with Crippen molar-refractivity contribution in [3.05, 3.63) is 24.4 Å². The highest BCUT2D eigenvalue weighted by Crippen LogP contribution is 2.37. The molecule has 0 saturated carbocycles. The molecule has 0 amide bonds. The van der Waals surface area contributed by atoms with E-state index in [0.717, 1.165) is 34.5 Å². The molecule has 1 N–H and O–H groups in total. The van der Waals surface area contributed by atoms with E-state index in [4.69, 9.17) is 9.47 Å². The summed E-state index contributed by atoms with van der Waals surface area (Å²) in [4.78, 5) is 4.93. The van der Waals surface area contributed by atoms with E-state index in [-0.39, 0.29) is 0 Å². The molecule has 1 aromatic heterocycles. The summed E-state index contributed by atoms with van der Waals surface area (Å²) in [5.41, 5.74) is 0. The van der Waals surface area contributed by atoms with Gasteiger partial charge >= 0.3 is 0 Å². The van der Waals surface area contributed by atoms with Crippen LogP contribution in [0.25, 0.3) is 10.8 Å². The van der Waals surface area contributed by atoms with Crippen LogP contribution in [0.1, 0.15) is 20.3 Å². The molecule has 4 nitrogen and oxygen atoms in total. The number of ether oxygens (including phenoxy) is 2. The Kier molecular flexibility index (Phi) is 3.70. The van der Waals surface area contributed by atoms with Crippen molar-refractivity contribution in [3.8, 4) is 11.5 Å². The number of halogens is 1. The Morgan fingerprint density at radius 3 is 2.80 bits per heavy atom. The lowest BCUT2D eigenvalue weighted by Crippen LogP contribution is -2.19.